The van der Waals surface area contributed by atoms with Crippen LogP contribution in [0.4, 0.5) is 5.69 Å². The lowest BCUT2D eigenvalue weighted by atomic mass is 10.3. The van der Waals surface area contributed by atoms with Gasteiger partial charge in [0.25, 0.3) is 5.91 Å². The van der Waals surface area contributed by atoms with Crippen LogP contribution in [0.25, 0.3) is 6.08 Å². The Labute approximate surface area is 134 Å². The van der Waals surface area contributed by atoms with Gasteiger partial charge in [-0.05, 0) is 46.3 Å². The number of thioether (sulfide) groups is 1. The minimum absolute atomic E-state index is 0.0958. The topological polar surface area (TPSA) is 36.1 Å². The molecule has 1 saturated heterocycles. The van der Waals surface area contributed by atoms with Gasteiger partial charge in [-0.25, -0.2) is 0 Å². The number of halogens is 1. The van der Waals surface area contributed by atoms with Crippen LogP contribution >= 0.6 is 39.9 Å². The molecule has 0 atom stereocenters. The molecule has 1 aromatic carbocycles. The average Bonchev–Trinajstić information content (AvgIpc) is 3.01. The molecule has 1 fully saturated rings. The second-order valence-electron chi connectivity index (χ2n) is 4.09. The smallest absolute Gasteiger partial charge is 0.270 e. The summed E-state index contributed by atoms with van der Waals surface area (Å²) in [5, 5.41) is 0. The molecule has 1 amide bonds. The number of aromatic amines is 1. The molecule has 0 spiro atoms. The highest BCUT2D eigenvalue weighted by molar-refractivity contribution is 9.10. The monoisotopic (exact) mass is 364 g/mol. The fourth-order valence-corrected chi connectivity index (χ4v) is 3.62. The number of anilines is 1. The molecule has 3 rings (SSSR count). The Morgan fingerprint density at radius 2 is 2.05 bits per heavy atom. The predicted molar refractivity (Wildman–Crippen MR) is 90.6 cm³/mol. The zero-order valence-electron chi connectivity index (χ0n) is 10.2. The SMILES string of the molecule is O=C1/C(=C\c2ccc[nH]2)SC(=S)N1c1ccccc1Br. The summed E-state index contributed by atoms with van der Waals surface area (Å²) < 4.78 is 1.39. The number of benzene rings is 1. The maximum atomic E-state index is 12.5. The number of nitrogens with zero attached hydrogens (tertiary/aromatic N) is 1. The largest absolute Gasteiger partial charge is 0.362 e. The number of para-hydroxylation sites is 1. The average molecular weight is 365 g/mol. The maximum absolute atomic E-state index is 12.5. The Bertz CT molecular complexity index is 710. The van der Waals surface area contributed by atoms with Crippen molar-refractivity contribution in [1.82, 2.24) is 4.98 Å². The lowest BCUT2D eigenvalue weighted by molar-refractivity contribution is -0.113. The molecule has 2 heterocycles. The molecular weight excluding hydrogens is 356 g/mol. The van der Waals surface area contributed by atoms with Crippen molar-refractivity contribution < 1.29 is 4.79 Å². The predicted octanol–water partition coefficient (Wildman–Crippen LogP) is 4.18. The Kier molecular flexibility index (Phi) is 3.78. The zero-order chi connectivity index (χ0) is 14.1. The molecule has 3 nitrogen and oxygen atoms in total. The first kappa shape index (κ1) is 13.6. The van der Waals surface area contributed by atoms with Crippen LogP contribution in [-0.4, -0.2) is 15.2 Å². The first-order chi connectivity index (χ1) is 9.66. The van der Waals surface area contributed by atoms with Gasteiger partial charge in [0.2, 0.25) is 0 Å². The van der Waals surface area contributed by atoms with E-state index >= 15 is 0 Å². The van der Waals surface area contributed by atoms with Gasteiger partial charge in [0.05, 0.1) is 10.6 Å². The van der Waals surface area contributed by atoms with Gasteiger partial charge in [0.15, 0.2) is 4.32 Å². The van der Waals surface area contributed by atoms with Crippen molar-refractivity contribution in [2.45, 2.75) is 0 Å². The first-order valence-electron chi connectivity index (χ1n) is 5.83. The normalized spacial score (nSPS) is 17.2. The van der Waals surface area contributed by atoms with Crippen LogP contribution in [0.3, 0.4) is 0 Å². The number of aromatic nitrogens is 1. The quantitative estimate of drug-likeness (QED) is 0.641. The molecular formula is C14H9BrN2OS2. The lowest BCUT2D eigenvalue weighted by Crippen LogP contribution is -2.27. The van der Waals surface area contributed by atoms with E-state index in [0.717, 1.165) is 15.9 Å². The molecule has 6 heteroatoms. The standard InChI is InChI=1S/C14H9BrN2OS2/c15-10-5-1-2-6-11(10)17-13(18)12(20-14(17)19)8-9-4-3-7-16-9/h1-8,16H/b12-8+. The molecule has 0 aliphatic carbocycles. The third kappa shape index (κ3) is 2.46. The van der Waals surface area contributed by atoms with E-state index in [1.807, 2.05) is 48.7 Å². The molecule has 0 bridgehead atoms. The number of H-pyrrole nitrogens is 1. The summed E-state index contributed by atoms with van der Waals surface area (Å²) in [5.74, 6) is -0.0958. The summed E-state index contributed by atoms with van der Waals surface area (Å²) in [5.41, 5.74) is 1.66. The van der Waals surface area contributed by atoms with Crippen LogP contribution in [-0.2, 0) is 4.79 Å². The molecule has 0 radical (unpaired) electrons. The minimum atomic E-state index is -0.0958. The van der Waals surface area contributed by atoms with Crippen molar-refractivity contribution in [2.24, 2.45) is 0 Å². The van der Waals surface area contributed by atoms with Crippen LogP contribution < -0.4 is 4.90 Å². The number of amides is 1. The van der Waals surface area contributed by atoms with Crippen LogP contribution in [0, 0.1) is 0 Å². The summed E-state index contributed by atoms with van der Waals surface area (Å²) >= 11 is 10.1. The van der Waals surface area contributed by atoms with Gasteiger partial charge in [0.1, 0.15) is 0 Å². The zero-order valence-corrected chi connectivity index (χ0v) is 13.4. The number of carbonyl (C=O) groups excluding carboxylic acids is 1. The van der Waals surface area contributed by atoms with E-state index in [-0.39, 0.29) is 5.91 Å². The molecule has 1 aromatic heterocycles. The molecule has 1 N–H and O–H groups in total. The van der Waals surface area contributed by atoms with Crippen molar-refractivity contribution >= 4 is 61.9 Å². The highest BCUT2D eigenvalue weighted by atomic mass is 79.9. The van der Waals surface area contributed by atoms with Gasteiger partial charge >= 0.3 is 0 Å². The summed E-state index contributed by atoms with van der Waals surface area (Å²) in [6.07, 6.45) is 3.64. The van der Waals surface area contributed by atoms with Gasteiger partial charge in [-0.15, -0.1) is 0 Å². The summed E-state index contributed by atoms with van der Waals surface area (Å²) in [6.45, 7) is 0. The van der Waals surface area contributed by atoms with Crippen LogP contribution in [0.2, 0.25) is 0 Å². The molecule has 0 unspecified atom stereocenters. The van der Waals surface area contributed by atoms with Gasteiger partial charge in [-0.3, -0.25) is 9.69 Å². The Morgan fingerprint density at radius 1 is 1.25 bits per heavy atom. The number of carbonyl (C=O) groups is 1. The van der Waals surface area contributed by atoms with E-state index < -0.39 is 0 Å². The van der Waals surface area contributed by atoms with E-state index in [1.54, 1.807) is 4.90 Å². The third-order valence-electron chi connectivity index (χ3n) is 2.80. The Morgan fingerprint density at radius 3 is 2.75 bits per heavy atom. The maximum Gasteiger partial charge on any atom is 0.270 e. The molecule has 1 aliphatic heterocycles. The van der Waals surface area contributed by atoms with E-state index in [0.29, 0.717) is 9.23 Å². The molecule has 20 heavy (non-hydrogen) atoms. The summed E-state index contributed by atoms with van der Waals surface area (Å²) in [4.78, 5) is 17.7. The fourth-order valence-electron chi connectivity index (χ4n) is 1.88. The second kappa shape index (κ2) is 5.55. The van der Waals surface area contributed by atoms with Crippen molar-refractivity contribution in [3.05, 3.63) is 57.7 Å². The van der Waals surface area contributed by atoms with Gasteiger partial charge < -0.3 is 4.98 Å². The van der Waals surface area contributed by atoms with Crippen LogP contribution in [0.1, 0.15) is 5.69 Å². The number of nitrogens with one attached hydrogen (secondary N) is 1. The van der Waals surface area contributed by atoms with Gasteiger partial charge in [-0.1, -0.05) is 36.1 Å². The number of hydrogen-bond acceptors (Lipinski definition) is 3. The van der Waals surface area contributed by atoms with Gasteiger partial charge in [0, 0.05) is 16.4 Å². The highest BCUT2D eigenvalue weighted by Gasteiger charge is 2.34. The second-order valence-corrected chi connectivity index (χ2v) is 6.62. The first-order valence-corrected chi connectivity index (χ1v) is 7.84. The van der Waals surface area contributed by atoms with Crippen molar-refractivity contribution in [3.8, 4) is 0 Å². The van der Waals surface area contributed by atoms with Crippen molar-refractivity contribution in [3.63, 3.8) is 0 Å². The van der Waals surface area contributed by atoms with Crippen molar-refractivity contribution in [2.75, 3.05) is 4.90 Å². The fraction of sp³-hybridized carbons (Fsp3) is 0. The van der Waals surface area contributed by atoms with E-state index in [4.69, 9.17) is 12.2 Å². The summed E-state index contributed by atoms with van der Waals surface area (Å²) in [6, 6.07) is 11.3. The molecule has 2 aromatic rings. The molecule has 100 valence electrons. The molecule has 1 aliphatic rings. The van der Waals surface area contributed by atoms with Crippen LogP contribution in [0.15, 0.2) is 52.0 Å². The lowest BCUT2D eigenvalue weighted by Gasteiger charge is -2.15. The van der Waals surface area contributed by atoms with E-state index in [1.165, 1.54) is 11.8 Å². The van der Waals surface area contributed by atoms with E-state index in [9.17, 15) is 4.79 Å². The number of hydrogen-bond donors (Lipinski definition) is 1. The Hall–Kier alpha value is -1.37. The van der Waals surface area contributed by atoms with E-state index in [2.05, 4.69) is 20.9 Å². The third-order valence-corrected chi connectivity index (χ3v) is 4.77. The number of thiocarbonyl (C=S) groups is 1. The minimum Gasteiger partial charge on any atom is -0.362 e. The Balaban J connectivity index is 1.98. The summed E-state index contributed by atoms with van der Waals surface area (Å²) in [7, 11) is 0. The molecule has 0 saturated carbocycles. The van der Waals surface area contributed by atoms with Crippen molar-refractivity contribution in [1.29, 1.82) is 0 Å². The van der Waals surface area contributed by atoms with Gasteiger partial charge in [-0.2, -0.15) is 0 Å². The number of rotatable bonds is 2. The highest BCUT2D eigenvalue weighted by Crippen LogP contribution is 2.38. The van der Waals surface area contributed by atoms with Crippen LogP contribution in [0.5, 0.6) is 0 Å².